The number of carbonyl (C=O) groups is 1. The number of ether oxygens (including phenoxy) is 1. The number of alkyl halides is 2. The van der Waals surface area contributed by atoms with Crippen LogP contribution in [0.2, 0.25) is 0 Å². The van der Waals surface area contributed by atoms with Gasteiger partial charge < -0.3 is 25.0 Å². The van der Waals surface area contributed by atoms with Crippen molar-refractivity contribution in [3.8, 4) is 11.5 Å². The molecule has 224 valence electrons. The van der Waals surface area contributed by atoms with Crippen LogP contribution in [0.4, 0.5) is 8.78 Å². The number of unbranched alkanes of at least 4 members (excludes halogenated alkanes) is 2. The molecule has 2 aromatic carbocycles. The lowest BCUT2D eigenvalue weighted by atomic mass is 10.0. The van der Waals surface area contributed by atoms with Crippen molar-refractivity contribution in [3.63, 3.8) is 0 Å². The number of rotatable bonds is 15. The van der Waals surface area contributed by atoms with Crippen LogP contribution in [0.3, 0.4) is 0 Å². The average molecular weight is 590 g/mol. The van der Waals surface area contributed by atoms with Crippen molar-refractivity contribution in [1.82, 2.24) is 15.2 Å². The van der Waals surface area contributed by atoms with Gasteiger partial charge in [-0.2, -0.15) is 8.78 Å². The zero-order chi connectivity index (χ0) is 29.0. The Morgan fingerprint density at radius 2 is 1.88 bits per heavy atom. The third-order valence-electron chi connectivity index (χ3n) is 7.80. The van der Waals surface area contributed by atoms with Gasteiger partial charge in [0, 0.05) is 25.6 Å². The topological polar surface area (TPSA) is 94.7 Å². The highest BCUT2D eigenvalue weighted by Crippen LogP contribution is 2.29. The van der Waals surface area contributed by atoms with E-state index in [9.17, 15) is 23.5 Å². The van der Waals surface area contributed by atoms with E-state index >= 15 is 0 Å². The molecule has 7 nitrogen and oxygen atoms in total. The van der Waals surface area contributed by atoms with E-state index in [4.69, 9.17) is 0 Å². The Labute approximate surface area is 243 Å². The molecule has 1 saturated carbocycles. The summed E-state index contributed by atoms with van der Waals surface area (Å²) >= 11 is 1.14. The van der Waals surface area contributed by atoms with Crippen LogP contribution in [-0.4, -0.2) is 53.2 Å². The van der Waals surface area contributed by atoms with Gasteiger partial charge in [0.05, 0.1) is 4.70 Å². The van der Waals surface area contributed by atoms with Crippen LogP contribution in [0.25, 0.3) is 10.2 Å². The number of aromatic nitrogens is 1. The summed E-state index contributed by atoms with van der Waals surface area (Å²) in [6.07, 6.45) is 11.7. The predicted octanol–water partition coefficient (Wildman–Crippen LogP) is 6.38. The molecule has 41 heavy (non-hydrogen) atoms. The molecule has 1 heterocycles. The van der Waals surface area contributed by atoms with Gasteiger partial charge in [-0.05, 0) is 74.4 Å². The molecular formula is C31H41F2N3O4S. The van der Waals surface area contributed by atoms with Crippen LogP contribution in [0.1, 0.15) is 75.3 Å². The van der Waals surface area contributed by atoms with Crippen LogP contribution in [0.15, 0.2) is 41.2 Å². The number of aryl methyl sites for hydroxylation is 1. The van der Waals surface area contributed by atoms with E-state index in [-0.39, 0.29) is 22.3 Å². The van der Waals surface area contributed by atoms with Crippen molar-refractivity contribution in [2.24, 2.45) is 0 Å². The smallest absolute Gasteiger partial charge is 0.387 e. The van der Waals surface area contributed by atoms with Gasteiger partial charge in [-0.1, -0.05) is 61.6 Å². The number of phenols is 1. The Morgan fingerprint density at radius 3 is 2.66 bits per heavy atom. The Bertz CT molecular complexity index is 1300. The lowest BCUT2D eigenvalue weighted by Gasteiger charge is -2.31. The highest BCUT2D eigenvalue weighted by molar-refractivity contribution is 7.16. The fourth-order valence-corrected chi connectivity index (χ4v) is 6.60. The SMILES string of the molecule is O=C(CCNCCc1cccc(OC(F)F)c1)N(CCCCCc1ccc(O)c2[nH]c(=O)sc12)C1CCCCCC1. The lowest BCUT2D eigenvalue weighted by Crippen LogP contribution is -2.42. The summed E-state index contributed by atoms with van der Waals surface area (Å²) in [6, 6.07) is 10.6. The van der Waals surface area contributed by atoms with Crippen LogP contribution in [0.5, 0.6) is 11.5 Å². The minimum Gasteiger partial charge on any atom is -0.506 e. The minimum absolute atomic E-state index is 0.0998. The Morgan fingerprint density at radius 1 is 1.07 bits per heavy atom. The number of amides is 1. The number of fused-ring (bicyclic) bond motifs is 1. The maximum absolute atomic E-state index is 13.3. The van der Waals surface area contributed by atoms with Gasteiger partial charge >= 0.3 is 11.5 Å². The first-order valence-electron chi connectivity index (χ1n) is 14.8. The molecule has 10 heteroatoms. The molecule has 0 spiro atoms. The van der Waals surface area contributed by atoms with Crippen molar-refractivity contribution >= 4 is 27.5 Å². The lowest BCUT2D eigenvalue weighted by molar-refractivity contribution is -0.133. The summed E-state index contributed by atoms with van der Waals surface area (Å²) in [4.78, 5) is 29.8. The quantitative estimate of drug-likeness (QED) is 0.141. The first-order chi connectivity index (χ1) is 19.9. The molecule has 1 amide bonds. The number of halogens is 2. The molecule has 0 saturated heterocycles. The number of aromatic amines is 1. The van der Waals surface area contributed by atoms with E-state index in [0.29, 0.717) is 37.5 Å². The van der Waals surface area contributed by atoms with Crippen LogP contribution < -0.4 is 14.9 Å². The number of H-pyrrole nitrogens is 1. The fourth-order valence-electron chi connectivity index (χ4n) is 5.70. The van der Waals surface area contributed by atoms with E-state index in [1.165, 1.54) is 18.9 Å². The molecule has 3 N–H and O–H groups in total. The van der Waals surface area contributed by atoms with Crippen LogP contribution >= 0.6 is 11.3 Å². The average Bonchev–Trinajstić information content (AvgIpc) is 3.15. The van der Waals surface area contributed by atoms with E-state index in [1.54, 1.807) is 18.2 Å². The summed E-state index contributed by atoms with van der Waals surface area (Å²) < 4.78 is 30.2. The summed E-state index contributed by atoms with van der Waals surface area (Å²) in [5.74, 6) is 0.446. The molecule has 0 aliphatic heterocycles. The Balaban J connectivity index is 1.23. The number of hydrogen-bond acceptors (Lipinski definition) is 6. The van der Waals surface area contributed by atoms with Gasteiger partial charge in [0.1, 0.15) is 17.0 Å². The zero-order valence-electron chi connectivity index (χ0n) is 23.5. The third kappa shape index (κ3) is 9.53. The number of nitrogens with one attached hydrogen (secondary N) is 2. The Hall–Kier alpha value is -2.98. The molecule has 0 radical (unpaired) electrons. The molecule has 0 unspecified atom stereocenters. The van der Waals surface area contributed by atoms with Crippen molar-refractivity contribution in [2.45, 2.75) is 89.7 Å². The van der Waals surface area contributed by atoms with Crippen molar-refractivity contribution in [1.29, 1.82) is 0 Å². The largest absolute Gasteiger partial charge is 0.506 e. The number of benzene rings is 2. The number of thiazole rings is 1. The zero-order valence-corrected chi connectivity index (χ0v) is 24.3. The second kappa shape index (κ2) is 15.9. The standard InChI is InChI=1S/C31H41F2N3O4S/c32-30(33)40-25-13-8-9-22(21-25)16-18-34-19-17-27(38)36(24-11-5-1-2-6-12-24)20-7-3-4-10-23-14-15-26(37)28-29(23)41-31(39)35-28/h8-9,13-15,21,24,30,34,37H,1-7,10-12,16-20H2,(H,35,39). The van der Waals surface area contributed by atoms with E-state index in [2.05, 4.69) is 19.9 Å². The van der Waals surface area contributed by atoms with E-state index < -0.39 is 6.61 Å². The van der Waals surface area contributed by atoms with Gasteiger partial charge in [0.15, 0.2) is 0 Å². The number of hydrogen-bond donors (Lipinski definition) is 3. The fraction of sp³-hybridized carbons (Fsp3) is 0.548. The Kier molecular flexibility index (Phi) is 12.0. The molecule has 1 aliphatic rings. The molecule has 1 fully saturated rings. The van der Waals surface area contributed by atoms with E-state index in [0.717, 1.165) is 85.1 Å². The van der Waals surface area contributed by atoms with Gasteiger partial charge in [0.2, 0.25) is 5.91 Å². The van der Waals surface area contributed by atoms with E-state index in [1.807, 2.05) is 12.1 Å². The second-order valence-corrected chi connectivity index (χ2v) is 11.8. The van der Waals surface area contributed by atoms with Crippen LogP contribution in [0, 0.1) is 0 Å². The van der Waals surface area contributed by atoms with Crippen molar-refractivity contribution in [2.75, 3.05) is 19.6 Å². The summed E-state index contributed by atoms with van der Waals surface area (Å²) in [5, 5.41) is 13.4. The number of nitrogens with zero attached hydrogens (tertiary/aromatic N) is 1. The predicted molar refractivity (Wildman–Crippen MR) is 159 cm³/mol. The molecule has 1 aromatic heterocycles. The molecule has 4 rings (SSSR count). The highest BCUT2D eigenvalue weighted by atomic mass is 32.1. The van der Waals surface area contributed by atoms with Gasteiger partial charge in [-0.3, -0.25) is 9.59 Å². The maximum atomic E-state index is 13.3. The molecule has 0 atom stereocenters. The maximum Gasteiger partial charge on any atom is 0.387 e. The molecule has 1 aliphatic carbocycles. The molecule has 3 aromatic rings. The second-order valence-electron chi connectivity index (χ2n) is 10.8. The van der Waals surface area contributed by atoms with Gasteiger partial charge in [0.25, 0.3) is 0 Å². The number of aromatic hydroxyl groups is 1. The third-order valence-corrected chi connectivity index (χ3v) is 8.76. The normalized spacial score (nSPS) is 14.4. The summed E-state index contributed by atoms with van der Waals surface area (Å²) in [6.45, 7) is -0.863. The monoisotopic (exact) mass is 589 g/mol. The summed E-state index contributed by atoms with van der Waals surface area (Å²) in [7, 11) is 0. The van der Waals surface area contributed by atoms with Gasteiger partial charge in [-0.15, -0.1) is 0 Å². The van der Waals surface area contributed by atoms with Crippen molar-refractivity contribution < 1.29 is 23.4 Å². The van der Waals surface area contributed by atoms with Crippen LogP contribution in [-0.2, 0) is 17.6 Å². The minimum atomic E-state index is -2.84. The number of phenolic OH excluding ortho intramolecular Hbond substituents is 1. The van der Waals surface area contributed by atoms with Gasteiger partial charge in [-0.25, -0.2) is 0 Å². The first kappa shape index (κ1) is 31.0. The first-order valence-corrected chi connectivity index (χ1v) is 15.6. The molecular weight excluding hydrogens is 548 g/mol. The number of carbonyl (C=O) groups excluding carboxylic acids is 1. The summed E-state index contributed by atoms with van der Waals surface area (Å²) in [5.41, 5.74) is 2.49. The molecule has 0 bridgehead atoms. The highest BCUT2D eigenvalue weighted by Gasteiger charge is 2.24. The van der Waals surface area contributed by atoms with Crippen molar-refractivity contribution in [3.05, 3.63) is 57.2 Å².